The van der Waals surface area contributed by atoms with Gasteiger partial charge in [-0.15, -0.1) is 0 Å². The molecule has 0 unspecified atom stereocenters. The highest BCUT2D eigenvalue weighted by atomic mass is 16.5. The van der Waals surface area contributed by atoms with Crippen LogP contribution < -0.4 is 4.74 Å². The molecular formula is C17H21N3O2. The second-order valence-corrected chi connectivity index (χ2v) is 5.73. The summed E-state index contributed by atoms with van der Waals surface area (Å²) in [6, 6.07) is 7.37. The quantitative estimate of drug-likeness (QED) is 0.871. The van der Waals surface area contributed by atoms with E-state index in [-0.39, 0.29) is 5.91 Å². The van der Waals surface area contributed by atoms with E-state index in [4.69, 9.17) is 4.74 Å². The van der Waals surface area contributed by atoms with Crippen molar-refractivity contribution in [3.8, 4) is 5.75 Å². The summed E-state index contributed by atoms with van der Waals surface area (Å²) in [6.07, 6.45) is 7.73. The number of nitrogens with zero attached hydrogens (tertiary/aromatic N) is 3. The third-order valence-corrected chi connectivity index (χ3v) is 4.25. The first-order valence-corrected chi connectivity index (χ1v) is 7.65. The molecule has 2 heterocycles. The molecule has 1 aromatic heterocycles. The van der Waals surface area contributed by atoms with Gasteiger partial charge in [0.1, 0.15) is 5.75 Å². The highest BCUT2D eigenvalue weighted by Gasteiger charge is 2.23. The van der Waals surface area contributed by atoms with Crippen molar-refractivity contribution >= 4 is 5.91 Å². The first-order chi connectivity index (χ1) is 10.8. The van der Waals surface area contributed by atoms with Crippen LogP contribution in [0.15, 0.2) is 43.0 Å². The van der Waals surface area contributed by atoms with Gasteiger partial charge < -0.3 is 14.2 Å². The van der Waals surface area contributed by atoms with E-state index in [0.29, 0.717) is 11.5 Å². The van der Waals surface area contributed by atoms with E-state index in [9.17, 15) is 4.79 Å². The lowest BCUT2D eigenvalue weighted by atomic mass is 9.96. The van der Waals surface area contributed by atoms with Crippen molar-refractivity contribution in [3.05, 3.63) is 48.5 Å². The standard InChI is InChI=1S/C17H21N3O2/c1-22-16-4-2-3-15(11-16)17(21)20-8-5-14(6-9-20)12-19-10-7-18-13-19/h2-4,7,10-11,13-14H,5-6,8-9,12H2,1H3. The molecule has 2 aromatic rings. The molecule has 1 amide bonds. The van der Waals surface area contributed by atoms with Crippen LogP contribution in [0.1, 0.15) is 23.2 Å². The van der Waals surface area contributed by atoms with Crippen LogP contribution in [0.4, 0.5) is 0 Å². The zero-order valence-electron chi connectivity index (χ0n) is 12.8. The van der Waals surface area contributed by atoms with E-state index >= 15 is 0 Å². The van der Waals surface area contributed by atoms with E-state index in [1.807, 2.05) is 35.6 Å². The zero-order valence-corrected chi connectivity index (χ0v) is 12.8. The number of rotatable bonds is 4. The Kier molecular flexibility index (Phi) is 4.42. The van der Waals surface area contributed by atoms with Gasteiger partial charge in [0.25, 0.3) is 5.91 Å². The highest BCUT2D eigenvalue weighted by molar-refractivity contribution is 5.94. The predicted octanol–water partition coefficient (Wildman–Crippen LogP) is 2.44. The number of hydrogen-bond donors (Lipinski definition) is 0. The molecule has 3 rings (SSSR count). The normalized spacial score (nSPS) is 15.8. The van der Waals surface area contributed by atoms with Crippen LogP contribution in [0.2, 0.25) is 0 Å². The van der Waals surface area contributed by atoms with Crippen LogP contribution in [0, 0.1) is 5.92 Å². The molecule has 5 heteroatoms. The van der Waals surface area contributed by atoms with Gasteiger partial charge >= 0.3 is 0 Å². The van der Waals surface area contributed by atoms with E-state index in [1.165, 1.54) is 0 Å². The monoisotopic (exact) mass is 299 g/mol. The number of amides is 1. The van der Waals surface area contributed by atoms with Gasteiger partial charge in [0.15, 0.2) is 0 Å². The van der Waals surface area contributed by atoms with Crippen molar-refractivity contribution in [2.75, 3.05) is 20.2 Å². The highest BCUT2D eigenvalue weighted by Crippen LogP contribution is 2.22. The molecule has 0 bridgehead atoms. The van der Waals surface area contributed by atoms with Crippen LogP contribution in [0.3, 0.4) is 0 Å². The number of ether oxygens (including phenoxy) is 1. The maximum Gasteiger partial charge on any atom is 0.253 e. The topological polar surface area (TPSA) is 47.4 Å². The Balaban J connectivity index is 1.57. The van der Waals surface area contributed by atoms with Gasteiger partial charge in [0, 0.05) is 37.6 Å². The number of methoxy groups -OCH3 is 1. The smallest absolute Gasteiger partial charge is 0.253 e. The van der Waals surface area contributed by atoms with Gasteiger partial charge in [-0.1, -0.05) is 6.07 Å². The minimum absolute atomic E-state index is 0.0972. The summed E-state index contributed by atoms with van der Waals surface area (Å²) in [5.74, 6) is 1.43. The number of piperidine rings is 1. The van der Waals surface area contributed by atoms with Crippen molar-refractivity contribution in [2.45, 2.75) is 19.4 Å². The lowest BCUT2D eigenvalue weighted by Gasteiger charge is -2.32. The molecule has 0 atom stereocenters. The fraction of sp³-hybridized carbons (Fsp3) is 0.412. The fourth-order valence-corrected chi connectivity index (χ4v) is 2.95. The van der Waals surface area contributed by atoms with E-state index in [2.05, 4.69) is 9.55 Å². The summed E-state index contributed by atoms with van der Waals surface area (Å²) in [7, 11) is 1.62. The Morgan fingerprint density at radius 2 is 2.18 bits per heavy atom. The summed E-state index contributed by atoms with van der Waals surface area (Å²) in [5, 5.41) is 0. The van der Waals surface area contributed by atoms with Crippen molar-refractivity contribution in [3.63, 3.8) is 0 Å². The summed E-state index contributed by atoms with van der Waals surface area (Å²) in [5.41, 5.74) is 0.701. The molecule has 1 saturated heterocycles. The first kappa shape index (κ1) is 14.6. The Bertz CT molecular complexity index is 617. The molecule has 1 aromatic carbocycles. The largest absolute Gasteiger partial charge is 0.497 e. The summed E-state index contributed by atoms with van der Waals surface area (Å²) < 4.78 is 7.30. The number of aromatic nitrogens is 2. The van der Waals surface area contributed by atoms with Gasteiger partial charge in [0.2, 0.25) is 0 Å². The van der Waals surface area contributed by atoms with Gasteiger partial charge in [-0.2, -0.15) is 0 Å². The Labute approximate surface area is 130 Å². The van der Waals surface area contributed by atoms with Crippen LogP contribution in [-0.4, -0.2) is 40.6 Å². The number of carbonyl (C=O) groups excluding carboxylic acids is 1. The second-order valence-electron chi connectivity index (χ2n) is 5.73. The minimum Gasteiger partial charge on any atom is -0.497 e. The molecule has 1 aliphatic rings. The Morgan fingerprint density at radius 3 is 2.86 bits per heavy atom. The van der Waals surface area contributed by atoms with E-state index in [0.717, 1.165) is 38.2 Å². The van der Waals surface area contributed by atoms with E-state index < -0.39 is 0 Å². The number of carbonyl (C=O) groups is 1. The molecule has 22 heavy (non-hydrogen) atoms. The number of hydrogen-bond acceptors (Lipinski definition) is 3. The molecule has 5 nitrogen and oxygen atoms in total. The van der Waals surface area contributed by atoms with Gasteiger partial charge in [-0.05, 0) is 37.0 Å². The predicted molar refractivity (Wildman–Crippen MR) is 83.8 cm³/mol. The molecule has 0 radical (unpaired) electrons. The van der Waals surface area contributed by atoms with Crippen molar-refractivity contribution < 1.29 is 9.53 Å². The lowest BCUT2D eigenvalue weighted by Crippen LogP contribution is -2.39. The van der Waals surface area contributed by atoms with E-state index in [1.54, 1.807) is 19.4 Å². The average Bonchev–Trinajstić information content (AvgIpc) is 3.08. The molecule has 0 saturated carbocycles. The second kappa shape index (κ2) is 6.64. The molecule has 0 aliphatic carbocycles. The third kappa shape index (κ3) is 3.30. The van der Waals surface area contributed by atoms with Crippen LogP contribution in [0.25, 0.3) is 0 Å². The SMILES string of the molecule is COc1cccc(C(=O)N2CCC(Cn3ccnc3)CC2)c1. The van der Waals surface area contributed by atoms with Crippen molar-refractivity contribution in [1.82, 2.24) is 14.5 Å². The average molecular weight is 299 g/mol. The molecule has 116 valence electrons. The molecule has 0 spiro atoms. The number of imidazole rings is 1. The van der Waals surface area contributed by atoms with Crippen LogP contribution in [0.5, 0.6) is 5.75 Å². The van der Waals surface area contributed by atoms with Gasteiger partial charge in [0.05, 0.1) is 13.4 Å². The molecule has 1 fully saturated rings. The summed E-state index contributed by atoms with van der Waals surface area (Å²) in [6.45, 7) is 2.62. The fourth-order valence-electron chi connectivity index (χ4n) is 2.95. The Hall–Kier alpha value is -2.30. The van der Waals surface area contributed by atoms with Crippen molar-refractivity contribution in [1.29, 1.82) is 0 Å². The van der Waals surface area contributed by atoms with Crippen molar-refractivity contribution in [2.24, 2.45) is 5.92 Å². The van der Waals surface area contributed by atoms with Gasteiger partial charge in [-0.3, -0.25) is 4.79 Å². The minimum atomic E-state index is 0.0972. The van der Waals surface area contributed by atoms with Crippen LogP contribution >= 0.6 is 0 Å². The lowest BCUT2D eigenvalue weighted by molar-refractivity contribution is 0.0682. The summed E-state index contributed by atoms with van der Waals surface area (Å²) >= 11 is 0. The van der Waals surface area contributed by atoms with Crippen LogP contribution in [-0.2, 0) is 6.54 Å². The maximum atomic E-state index is 12.5. The number of benzene rings is 1. The molecule has 0 N–H and O–H groups in total. The van der Waals surface area contributed by atoms with Gasteiger partial charge in [-0.25, -0.2) is 4.98 Å². The summed E-state index contributed by atoms with van der Waals surface area (Å²) in [4.78, 5) is 18.6. The maximum absolute atomic E-state index is 12.5. The number of likely N-dealkylation sites (tertiary alicyclic amines) is 1. The molecular weight excluding hydrogens is 278 g/mol. The zero-order chi connectivity index (χ0) is 15.4. The Morgan fingerprint density at radius 1 is 1.36 bits per heavy atom. The first-order valence-electron chi connectivity index (χ1n) is 7.65. The third-order valence-electron chi connectivity index (χ3n) is 4.25. The molecule has 1 aliphatic heterocycles.